The Morgan fingerprint density at radius 2 is 0.824 bits per heavy atom. The Hall–Kier alpha value is -5.22. The first-order valence-corrected chi connectivity index (χ1v) is 19.5. The predicted molar refractivity (Wildman–Crippen MR) is 214 cm³/mol. The van der Waals surface area contributed by atoms with Gasteiger partial charge in [-0.15, -0.1) is 34.0 Å². The quantitative estimate of drug-likeness (QED) is 0.131. The van der Waals surface area contributed by atoms with Crippen molar-refractivity contribution in [3.8, 4) is 44.8 Å². The molecular formula is C42H36N4O2S3. The van der Waals surface area contributed by atoms with Crippen LogP contribution in [0.15, 0.2) is 121 Å². The summed E-state index contributed by atoms with van der Waals surface area (Å²) in [7, 11) is 0. The Bertz CT molecular complexity index is 2100. The maximum Gasteiger partial charge on any atom is 0.267 e. The molecule has 254 valence electrons. The number of hydrogen-bond acceptors (Lipinski definition) is 7. The van der Waals surface area contributed by atoms with E-state index in [9.17, 15) is 9.59 Å². The molecule has 0 saturated heterocycles. The average molecular weight is 725 g/mol. The molecule has 0 aliphatic carbocycles. The molecule has 51 heavy (non-hydrogen) atoms. The summed E-state index contributed by atoms with van der Waals surface area (Å²) in [5, 5.41) is 7.05. The number of anilines is 2. The van der Waals surface area contributed by atoms with Crippen molar-refractivity contribution < 1.29 is 9.59 Å². The maximum absolute atomic E-state index is 13.3. The lowest BCUT2D eigenvalue weighted by atomic mass is 10.0. The number of hydrogen-bond donors (Lipinski definition) is 2. The van der Waals surface area contributed by atoms with Crippen molar-refractivity contribution in [2.75, 3.05) is 10.6 Å². The van der Waals surface area contributed by atoms with Gasteiger partial charge in [0.1, 0.15) is 0 Å². The van der Waals surface area contributed by atoms with Crippen LogP contribution in [-0.2, 0) is 12.8 Å². The molecule has 7 aromatic rings. The summed E-state index contributed by atoms with van der Waals surface area (Å²) in [5.41, 5.74) is 8.42. The number of amides is 2. The fourth-order valence-corrected chi connectivity index (χ4v) is 8.81. The summed E-state index contributed by atoms with van der Waals surface area (Å²) in [5.74, 6) is -0.579. The minimum Gasteiger partial charge on any atom is -0.297 e. The molecule has 0 aliphatic heterocycles. The third kappa shape index (κ3) is 7.91. The zero-order valence-electron chi connectivity index (χ0n) is 28.3. The molecule has 0 radical (unpaired) electrons. The maximum atomic E-state index is 13.3. The minimum atomic E-state index is -0.289. The van der Waals surface area contributed by atoms with E-state index in [4.69, 9.17) is 9.97 Å². The van der Waals surface area contributed by atoms with E-state index < -0.39 is 0 Å². The van der Waals surface area contributed by atoms with E-state index in [-0.39, 0.29) is 11.8 Å². The van der Waals surface area contributed by atoms with Gasteiger partial charge in [0, 0.05) is 20.9 Å². The average Bonchev–Trinajstić information content (AvgIpc) is 3.92. The summed E-state index contributed by atoms with van der Waals surface area (Å²) < 4.78 is 0. The van der Waals surface area contributed by atoms with Crippen molar-refractivity contribution in [1.29, 1.82) is 0 Å². The predicted octanol–water partition coefficient (Wildman–Crippen LogP) is 11.7. The van der Waals surface area contributed by atoms with Gasteiger partial charge in [0.2, 0.25) is 0 Å². The van der Waals surface area contributed by atoms with E-state index in [2.05, 4.69) is 97.3 Å². The number of thiophene rings is 1. The van der Waals surface area contributed by atoms with Crippen LogP contribution in [0.5, 0.6) is 0 Å². The van der Waals surface area contributed by atoms with Crippen molar-refractivity contribution in [1.82, 2.24) is 9.97 Å². The molecule has 7 rings (SSSR count). The summed E-state index contributed by atoms with van der Waals surface area (Å²) in [6, 6.07) is 40.7. The molecule has 2 amide bonds. The van der Waals surface area contributed by atoms with Gasteiger partial charge in [-0.2, -0.15) is 0 Å². The smallest absolute Gasteiger partial charge is 0.267 e. The number of benzene rings is 4. The summed E-state index contributed by atoms with van der Waals surface area (Å²) in [6.07, 6.45) is 3.67. The van der Waals surface area contributed by atoms with Gasteiger partial charge < -0.3 is 0 Å². The van der Waals surface area contributed by atoms with E-state index >= 15 is 0 Å². The van der Waals surface area contributed by atoms with E-state index in [1.807, 2.05) is 36.4 Å². The Kier molecular flexibility index (Phi) is 10.6. The van der Waals surface area contributed by atoms with Crippen LogP contribution in [0, 0.1) is 0 Å². The minimum absolute atomic E-state index is 0.289. The van der Waals surface area contributed by atoms with E-state index in [1.54, 1.807) is 12.1 Å². The molecule has 0 atom stereocenters. The molecule has 9 heteroatoms. The lowest BCUT2D eigenvalue weighted by Crippen LogP contribution is -2.11. The van der Waals surface area contributed by atoms with Crippen LogP contribution in [0.3, 0.4) is 0 Å². The van der Waals surface area contributed by atoms with Crippen molar-refractivity contribution in [3.05, 3.63) is 141 Å². The molecule has 0 saturated carbocycles. The van der Waals surface area contributed by atoms with Crippen LogP contribution in [0.2, 0.25) is 0 Å². The lowest BCUT2D eigenvalue weighted by Gasteiger charge is -2.05. The first-order chi connectivity index (χ1) is 25.0. The highest BCUT2D eigenvalue weighted by Gasteiger charge is 2.20. The molecule has 6 nitrogen and oxygen atoms in total. The SMILES string of the molecule is CCCc1sc(NC(=O)c2ccc(C(=O)Nc3nc(-c4ccc(-c5ccccc5)cc4)c(CCC)s3)s2)nc1-c1ccc(-c2ccccc2)cc1. The normalized spacial score (nSPS) is 11.0. The standard InChI is InChI=1S/C42H36N4O2S3/c1-3-11-33-37(31-21-17-29(18-22-31)27-13-7-5-8-14-27)43-41(50-33)45-39(47)35-25-26-36(49-35)40(48)46-42-44-38(34(51-42)12-4-2)32-23-19-30(20-24-32)28-15-9-6-10-16-28/h5-10,13-26H,3-4,11-12H2,1-2H3,(H,43,45,47)(H,44,46,48). The molecular weight excluding hydrogens is 689 g/mol. The number of carbonyl (C=O) groups is 2. The van der Waals surface area contributed by atoms with Crippen molar-refractivity contribution >= 4 is 56.1 Å². The van der Waals surface area contributed by atoms with Gasteiger partial charge in [0.15, 0.2) is 10.3 Å². The zero-order valence-corrected chi connectivity index (χ0v) is 30.8. The van der Waals surface area contributed by atoms with Gasteiger partial charge in [0.25, 0.3) is 11.8 Å². The Morgan fingerprint density at radius 1 is 0.471 bits per heavy atom. The van der Waals surface area contributed by atoms with Crippen LogP contribution >= 0.6 is 34.0 Å². The lowest BCUT2D eigenvalue weighted by molar-refractivity contribution is 0.102. The number of carbonyl (C=O) groups excluding carboxylic acids is 2. The third-order valence-electron chi connectivity index (χ3n) is 8.37. The fraction of sp³-hybridized carbons (Fsp3) is 0.143. The zero-order chi connectivity index (χ0) is 35.2. The molecule has 4 aromatic carbocycles. The van der Waals surface area contributed by atoms with Gasteiger partial charge in [-0.3, -0.25) is 20.2 Å². The number of rotatable bonds is 12. The monoisotopic (exact) mass is 724 g/mol. The van der Waals surface area contributed by atoms with Gasteiger partial charge in [-0.05, 0) is 47.2 Å². The highest BCUT2D eigenvalue weighted by atomic mass is 32.1. The van der Waals surface area contributed by atoms with Gasteiger partial charge in [-0.1, -0.05) is 136 Å². The molecule has 0 unspecified atom stereocenters. The Balaban J connectivity index is 1.03. The second-order valence-electron chi connectivity index (χ2n) is 12.0. The summed E-state index contributed by atoms with van der Waals surface area (Å²) in [6.45, 7) is 4.28. The van der Waals surface area contributed by atoms with E-state index in [0.29, 0.717) is 20.0 Å². The second kappa shape index (κ2) is 15.8. The Morgan fingerprint density at radius 3 is 1.20 bits per heavy atom. The number of nitrogens with one attached hydrogen (secondary N) is 2. The molecule has 2 N–H and O–H groups in total. The number of thiazole rings is 2. The van der Waals surface area contributed by atoms with Gasteiger partial charge >= 0.3 is 0 Å². The molecule has 3 heterocycles. The molecule has 0 bridgehead atoms. The number of aromatic nitrogens is 2. The first-order valence-electron chi connectivity index (χ1n) is 17.0. The van der Waals surface area contributed by atoms with Gasteiger partial charge in [0.05, 0.1) is 21.1 Å². The van der Waals surface area contributed by atoms with Crippen LogP contribution in [0.1, 0.15) is 55.8 Å². The van der Waals surface area contributed by atoms with Crippen molar-refractivity contribution in [2.45, 2.75) is 39.5 Å². The first kappa shape index (κ1) is 34.2. The van der Waals surface area contributed by atoms with Crippen molar-refractivity contribution in [2.24, 2.45) is 0 Å². The van der Waals surface area contributed by atoms with Crippen LogP contribution in [-0.4, -0.2) is 21.8 Å². The molecule has 0 aliphatic rings. The molecule has 0 fully saturated rings. The highest BCUT2D eigenvalue weighted by Crippen LogP contribution is 2.36. The molecule has 0 spiro atoms. The largest absolute Gasteiger partial charge is 0.297 e. The van der Waals surface area contributed by atoms with Crippen LogP contribution in [0.4, 0.5) is 10.3 Å². The topological polar surface area (TPSA) is 84.0 Å². The van der Waals surface area contributed by atoms with E-state index in [0.717, 1.165) is 91.5 Å². The van der Waals surface area contributed by atoms with Crippen molar-refractivity contribution in [3.63, 3.8) is 0 Å². The van der Waals surface area contributed by atoms with Crippen LogP contribution in [0.25, 0.3) is 44.8 Å². The van der Waals surface area contributed by atoms with Crippen LogP contribution < -0.4 is 10.6 Å². The molecule has 3 aromatic heterocycles. The Labute approximate surface area is 309 Å². The summed E-state index contributed by atoms with van der Waals surface area (Å²) in [4.78, 5) is 39.5. The van der Waals surface area contributed by atoms with Gasteiger partial charge in [-0.25, -0.2) is 9.97 Å². The number of nitrogens with zero attached hydrogens (tertiary/aromatic N) is 2. The number of aryl methyl sites for hydroxylation is 2. The third-order valence-corrected chi connectivity index (χ3v) is 11.5. The second-order valence-corrected chi connectivity index (χ2v) is 15.3. The van der Waals surface area contributed by atoms with E-state index in [1.165, 1.54) is 22.7 Å². The fourth-order valence-electron chi connectivity index (χ4n) is 5.86. The highest BCUT2D eigenvalue weighted by molar-refractivity contribution is 7.18. The summed E-state index contributed by atoms with van der Waals surface area (Å²) >= 11 is 4.15.